The third-order valence-corrected chi connectivity index (χ3v) is 4.07. The summed E-state index contributed by atoms with van der Waals surface area (Å²) in [6, 6.07) is 1.73. The molecule has 0 spiro atoms. The first-order valence-corrected chi connectivity index (χ1v) is 8.06. The second kappa shape index (κ2) is 8.29. The lowest BCUT2D eigenvalue weighted by atomic mass is 10.1. The Bertz CT molecular complexity index is 473. The average molecular weight is 309 g/mol. The fourth-order valence-corrected chi connectivity index (χ4v) is 2.71. The Morgan fingerprint density at radius 3 is 3.09 bits per heavy atom. The number of hydrogen-bond donors (Lipinski definition) is 1. The molecule has 1 aliphatic heterocycles. The lowest BCUT2D eigenvalue weighted by molar-refractivity contribution is 0.0938. The number of nitrogens with zero attached hydrogens (tertiary/aromatic N) is 2. The normalized spacial score (nSPS) is 19.0. The topological polar surface area (TPSA) is 67.6 Å². The number of nitrogens with one attached hydrogen (secondary N) is 1. The van der Waals surface area contributed by atoms with E-state index >= 15 is 0 Å². The molecular weight excluding hydrogens is 282 g/mol. The summed E-state index contributed by atoms with van der Waals surface area (Å²) in [4.78, 5) is 14.5. The van der Waals surface area contributed by atoms with E-state index in [4.69, 9.17) is 9.26 Å². The van der Waals surface area contributed by atoms with Crippen LogP contribution in [0.4, 0.5) is 0 Å². The molecule has 22 heavy (non-hydrogen) atoms. The fraction of sp³-hybridized carbons (Fsp3) is 0.750. The van der Waals surface area contributed by atoms with Gasteiger partial charge in [0.05, 0.1) is 0 Å². The van der Waals surface area contributed by atoms with E-state index in [0.717, 1.165) is 44.8 Å². The number of rotatable bonds is 8. The Morgan fingerprint density at radius 1 is 1.59 bits per heavy atom. The van der Waals surface area contributed by atoms with Crippen molar-refractivity contribution in [3.8, 4) is 0 Å². The molecule has 0 bridgehead atoms. The molecule has 0 aliphatic carbocycles. The monoisotopic (exact) mass is 309 g/mol. The summed E-state index contributed by atoms with van der Waals surface area (Å²) in [5.41, 5.74) is 0.374. The van der Waals surface area contributed by atoms with Gasteiger partial charge < -0.3 is 19.5 Å². The van der Waals surface area contributed by atoms with Crippen LogP contribution in [-0.2, 0) is 4.74 Å². The average Bonchev–Trinajstić information content (AvgIpc) is 3.14. The van der Waals surface area contributed by atoms with Crippen LogP contribution in [0.2, 0.25) is 0 Å². The zero-order valence-corrected chi connectivity index (χ0v) is 13.8. The van der Waals surface area contributed by atoms with Gasteiger partial charge >= 0.3 is 0 Å². The number of ether oxygens (including phenoxy) is 1. The van der Waals surface area contributed by atoms with Gasteiger partial charge in [0.2, 0.25) is 0 Å². The summed E-state index contributed by atoms with van der Waals surface area (Å²) < 4.78 is 10.2. The smallest absolute Gasteiger partial charge is 0.273 e. The van der Waals surface area contributed by atoms with Gasteiger partial charge in [-0.3, -0.25) is 4.79 Å². The minimum Gasteiger partial charge on any atom is -0.385 e. The van der Waals surface area contributed by atoms with Crippen LogP contribution in [-0.4, -0.2) is 55.9 Å². The van der Waals surface area contributed by atoms with Crippen molar-refractivity contribution in [3.05, 3.63) is 17.5 Å². The van der Waals surface area contributed by atoms with Crippen LogP contribution in [0.1, 0.15) is 48.9 Å². The minimum atomic E-state index is -0.145. The van der Waals surface area contributed by atoms with Crippen molar-refractivity contribution < 1.29 is 14.1 Å². The molecule has 0 radical (unpaired) electrons. The van der Waals surface area contributed by atoms with Gasteiger partial charge in [-0.05, 0) is 25.3 Å². The molecule has 1 fully saturated rings. The summed E-state index contributed by atoms with van der Waals surface area (Å²) in [7, 11) is 1.73. The summed E-state index contributed by atoms with van der Waals surface area (Å²) >= 11 is 0. The van der Waals surface area contributed by atoms with E-state index in [1.54, 1.807) is 13.2 Å². The van der Waals surface area contributed by atoms with Gasteiger partial charge in [-0.1, -0.05) is 19.0 Å². The molecule has 2 heterocycles. The van der Waals surface area contributed by atoms with Crippen LogP contribution in [0.15, 0.2) is 10.6 Å². The van der Waals surface area contributed by atoms with Crippen molar-refractivity contribution in [2.24, 2.45) is 5.92 Å². The molecule has 6 nitrogen and oxygen atoms in total. The van der Waals surface area contributed by atoms with Crippen molar-refractivity contribution in [1.82, 2.24) is 15.4 Å². The summed E-state index contributed by atoms with van der Waals surface area (Å²) in [5.74, 6) is 1.36. The highest BCUT2D eigenvalue weighted by molar-refractivity contribution is 5.92. The van der Waals surface area contributed by atoms with Crippen LogP contribution >= 0.6 is 0 Å². The summed E-state index contributed by atoms with van der Waals surface area (Å²) in [5, 5.41) is 6.80. The third-order valence-electron chi connectivity index (χ3n) is 4.07. The van der Waals surface area contributed by atoms with Gasteiger partial charge in [0.1, 0.15) is 5.76 Å². The molecule has 124 valence electrons. The van der Waals surface area contributed by atoms with E-state index in [-0.39, 0.29) is 11.8 Å². The molecule has 0 aromatic carbocycles. The molecule has 1 aromatic rings. The number of amides is 1. The Hall–Kier alpha value is -1.40. The highest BCUT2D eigenvalue weighted by Crippen LogP contribution is 2.17. The molecule has 2 rings (SSSR count). The number of aromatic nitrogens is 1. The first kappa shape index (κ1) is 17.0. The molecule has 1 N–H and O–H groups in total. The fourth-order valence-electron chi connectivity index (χ4n) is 2.71. The first-order chi connectivity index (χ1) is 10.6. The zero-order chi connectivity index (χ0) is 15.9. The van der Waals surface area contributed by atoms with Crippen molar-refractivity contribution in [2.75, 3.05) is 39.9 Å². The maximum Gasteiger partial charge on any atom is 0.273 e. The number of methoxy groups -OCH3 is 1. The predicted molar refractivity (Wildman–Crippen MR) is 84.0 cm³/mol. The van der Waals surface area contributed by atoms with E-state index in [1.807, 2.05) is 13.8 Å². The lowest BCUT2D eigenvalue weighted by Gasteiger charge is -2.15. The second-order valence-corrected chi connectivity index (χ2v) is 6.28. The molecule has 1 aliphatic rings. The maximum atomic E-state index is 12.1. The molecular formula is C16H27N3O3. The van der Waals surface area contributed by atoms with Gasteiger partial charge in [-0.15, -0.1) is 0 Å². The number of carbonyl (C=O) groups is 1. The van der Waals surface area contributed by atoms with E-state index in [2.05, 4.69) is 15.4 Å². The molecule has 1 amide bonds. The van der Waals surface area contributed by atoms with Crippen LogP contribution in [0.5, 0.6) is 0 Å². The largest absolute Gasteiger partial charge is 0.385 e. The molecule has 0 saturated carbocycles. The standard InChI is InChI=1S/C16H27N3O3/c1-12(2)15-9-14(18-22-15)16(20)17-10-13-5-7-19(11-13)6-4-8-21-3/h9,12-13H,4-8,10-11H2,1-3H3,(H,17,20). The predicted octanol–water partition coefficient (Wildman–Crippen LogP) is 1.89. The van der Waals surface area contributed by atoms with Crippen LogP contribution in [0, 0.1) is 5.92 Å². The third kappa shape index (κ3) is 4.81. The molecule has 1 aromatic heterocycles. The Labute approximate surface area is 132 Å². The van der Waals surface area contributed by atoms with Crippen molar-refractivity contribution in [3.63, 3.8) is 0 Å². The van der Waals surface area contributed by atoms with Crippen LogP contribution in [0.3, 0.4) is 0 Å². The van der Waals surface area contributed by atoms with Gasteiger partial charge in [0.25, 0.3) is 5.91 Å². The molecule has 6 heteroatoms. The number of likely N-dealkylation sites (tertiary alicyclic amines) is 1. The Kier molecular flexibility index (Phi) is 6.39. The highest BCUT2D eigenvalue weighted by atomic mass is 16.5. The Morgan fingerprint density at radius 2 is 2.41 bits per heavy atom. The maximum absolute atomic E-state index is 12.1. The van der Waals surface area contributed by atoms with E-state index in [9.17, 15) is 4.79 Å². The lowest BCUT2D eigenvalue weighted by Crippen LogP contribution is -2.31. The van der Waals surface area contributed by atoms with Gasteiger partial charge in [0.15, 0.2) is 5.69 Å². The van der Waals surface area contributed by atoms with Crippen LogP contribution < -0.4 is 5.32 Å². The number of hydrogen-bond acceptors (Lipinski definition) is 5. The molecule has 1 atom stereocenters. The minimum absolute atomic E-state index is 0.145. The van der Waals surface area contributed by atoms with Crippen LogP contribution in [0.25, 0.3) is 0 Å². The summed E-state index contributed by atoms with van der Waals surface area (Å²) in [6.07, 6.45) is 2.19. The first-order valence-electron chi connectivity index (χ1n) is 8.06. The van der Waals surface area contributed by atoms with E-state index in [1.165, 1.54) is 0 Å². The van der Waals surface area contributed by atoms with Crippen molar-refractivity contribution in [1.29, 1.82) is 0 Å². The van der Waals surface area contributed by atoms with Crippen molar-refractivity contribution in [2.45, 2.75) is 32.6 Å². The molecule has 1 unspecified atom stereocenters. The quantitative estimate of drug-likeness (QED) is 0.743. The number of carbonyl (C=O) groups excluding carboxylic acids is 1. The van der Waals surface area contributed by atoms with Crippen molar-refractivity contribution >= 4 is 5.91 Å². The highest BCUT2D eigenvalue weighted by Gasteiger charge is 2.23. The SMILES string of the molecule is COCCCN1CCC(CNC(=O)c2cc(C(C)C)on2)C1. The van der Waals surface area contributed by atoms with Gasteiger partial charge in [0, 0.05) is 45.3 Å². The van der Waals surface area contributed by atoms with Gasteiger partial charge in [-0.2, -0.15) is 0 Å². The molecule has 1 saturated heterocycles. The Balaban J connectivity index is 1.70. The van der Waals surface area contributed by atoms with E-state index < -0.39 is 0 Å². The second-order valence-electron chi connectivity index (χ2n) is 6.28. The van der Waals surface area contributed by atoms with E-state index in [0.29, 0.717) is 18.2 Å². The summed E-state index contributed by atoms with van der Waals surface area (Å²) in [6.45, 7) is 8.74. The zero-order valence-electron chi connectivity index (χ0n) is 13.8. The van der Waals surface area contributed by atoms with Gasteiger partial charge in [-0.25, -0.2) is 0 Å².